The lowest BCUT2D eigenvalue weighted by molar-refractivity contribution is -0.136. The van der Waals surface area contributed by atoms with Gasteiger partial charge in [0.2, 0.25) is 15.9 Å². The predicted molar refractivity (Wildman–Crippen MR) is 82.6 cm³/mol. The molecule has 2 rings (SSSR count). The summed E-state index contributed by atoms with van der Waals surface area (Å²) in [6.45, 7) is 4.43. The zero-order valence-electron chi connectivity index (χ0n) is 13.1. The maximum Gasteiger partial charge on any atom is 0.246 e. The summed E-state index contributed by atoms with van der Waals surface area (Å²) in [5.41, 5.74) is 4.09. The number of benzene rings is 1. The van der Waals surface area contributed by atoms with E-state index in [-0.39, 0.29) is 11.8 Å². The first kappa shape index (κ1) is 16.9. The van der Waals surface area contributed by atoms with Gasteiger partial charge in [0.25, 0.3) is 0 Å². The second-order valence-electron chi connectivity index (χ2n) is 5.62. The van der Waals surface area contributed by atoms with E-state index in [2.05, 4.69) is 10.3 Å². The largest absolute Gasteiger partial charge is 0.277 e. The molecule has 0 bridgehead atoms. The van der Waals surface area contributed by atoms with E-state index < -0.39 is 10.0 Å². The minimum absolute atomic E-state index is 0.189. The number of nitrogens with zero attached hydrogens (tertiary/aromatic N) is 1. The van der Waals surface area contributed by atoms with Crippen LogP contribution in [0.4, 0.5) is 0 Å². The van der Waals surface area contributed by atoms with Crippen LogP contribution in [0.5, 0.6) is 0 Å². The molecular formula is C15H22N2O4S. The Morgan fingerprint density at radius 3 is 2.45 bits per heavy atom. The van der Waals surface area contributed by atoms with Crippen molar-refractivity contribution in [2.75, 3.05) is 20.2 Å². The first-order chi connectivity index (χ1) is 10.4. The number of hydrogen-bond acceptors (Lipinski definition) is 4. The highest BCUT2D eigenvalue weighted by Gasteiger charge is 2.32. The number of carbonyl (C=O) groups is 1. The third-order valence-corrected chi connectivity index (χ3v) is 6.03. The Morgan fingerprint density at radius 1 is 1.27 bits per heavy atom. The maximum absolute atomic E-state index is 12.7. The zero-order chi connectivity index (χ0) is 16.3. The Labute approximate surface area is 131 Å². The van der Waals surface area contributed by atoms with Gasteiger partial charge >= 0.3 is 0 Å². The van der Waals surface area contributed by atoms with Crippen LogP contribution in [0, 0.1) is 19.8 Å². The highest BCUT2D eigenvalue weighted by Crippen LogP contribution is 2.26. The molecule has 0 radical (unpaired) electrons. The van der Waals surface area contributed by atoms with Crippen LogP contribution in [0.1, 0.15) is 24.0 Å². The summed E-state index contributed by atoms with van der Waals surface area (Å²) in [6, 6.07) is 5.33. The van der Waals surface area contributed by atoms with Crippen molar-refractivity contribution in [2.24, 2.45) is 5.92 Å². The lowest BCUT2D eigenvalue weighted by Gasteiger charge is -2.30. The van der Waals surface area contributed by atoms with E-state index in [1.807, 2.05) is 13.0 Å². The maximum atomic E-state index is 12.7. The van der Waals surface area contributed by atoms with Gasteiger partial charge in [-0.2, -0.15) is 4.31 Å². The molecule has 1 fully saturated rings. The molecule has 0 aliphatic carbocycles. The molecule has 0 saturated carbocycles. The molecule has 1 saturated heterocycles. The van der Waals surface area contributed by atoms with Crippen LogP contribution in [0.15, 0.2) is 23.1 Å². The highest BCUT2D eigenvalue weighted by atomic mass is 32.2. The van der Waals surface area contributed by atoms with Crippen LogP contribution in [0.3, 0.4) is 0 Å². The Kier molecular flexibility index (Phi) is 5.20. The molecule has 0 unspecified atom stereocenters. The van der Waals surface area contributed by atoms with Gasteiger partial charge in [-0.15, -0.1) is 0 Å². The minimum atomic E-state index is -3.50. The first-order valence-corrected chi connectivity index (χ1v) is 8.70. The Hall–Kier alpha value is -1.44. The van der Waals surface area contributed by atoms with Gasteiger partial charge in [-0.05, 0) is 38.3 Å². The van der Waals surface area contributed by atoms with Crippen molar-refractivity contribution in [1.82, 2.24) is 9.79 Å². The molecule has 0 atom stereocenters. The van der Waals surface area contributed by atoms with E-state index in [9.17, 15) is 13.2 Å². The molecule has 7 heteroatoms. The van der Waals surface area contributed by atoms with Gasteiger partial charge in [-0.25, -0.2) is 13.9 Å². The monoisotopic (exact) mass is 326 g/mol. The van der Waals surface area contributed by atoms with Crippen molar-refractivity contribution in [1.29, 1.82) is 0 Å². The number of nitrogens with one attached hydrogen (secondary N) is 1. The number of piperidine rings is 1. The molecule has 22 heavy (non-hydrogen) atoms. The van der Waals surface area contributed by atoms with Crippen molar-refractivity contribution in [3.8, 4) is 0 Å². The fraction of sp³-hybridized carbons (Fsp3) is 0.533. The molecule has 1 N–H and O–H groups in total. The second-order valence-corrected chi connectivity index (χ2v) is 7.52. The number of carbonyl (C=O) groups excluding carboxylic acids is 1. The van der Waals surface area contributed by atoms with Gasteiger partial charge in [0.15, 0.2) is 0 Å². The number of sulfonamides is 1. The van der Waals surface area contributed by atoms with Crippen LogP contribution >= 0.6 is 0 Å². The van der Waals surface area contributed by atoms with Crippen molar-refractivity contribution in [3.63, 3.8) is 0 Å². The van der Waals surface area contributed by atoms with Gasteiger partial charge < -0.3 is 0 Å². The van der Waals surface area contributed by atoms with Crippen molar-refractivity contribution < 1.29 is 18.0 Å². The summed E-state index contributed by atoms with van der Waals surface area (Å²) >= 11 is 0. The summed E-state index contributed by atoms with van der Waals surface area (Å²) < 4.78 is 26.9. The van der Waals surface area contributed by atoms with Crippen molar-refractivity contribution >= 4 is 15.9 Å². The van der Waals surface area contributed by atoms with Gasteiger partial charge in [0.1, 0.15) is 0 Å². The smallest absolute Gasteiger partial charge is 0.246 e. The number of hydroxylamine groups is 1. The van der Waals surface area contributed by atoms with E-state index in [0.717, 1.165) is 11.1 Å². The van der Waals surface area contributed by atoms with Crippen molar-refractivity contribution in [2.45, 2.75) is 31.6 Å². The lowest BCUT2D eigenvalue weighted by Crippen LogP contribution is -2.42. The summed E-state index contributed by atoms with van der Waals surface area (Å²) in [7, 11) is -2.11. The summed E-state index contributed by atoms with van der Waals surface area (Å²) in [6.07, 6.45) is 0.999. The number of aryl methyl sites for hydroxylation is 2. The molecular weight excluding hydrogens is 304 g/mol. The molecule has 1 aromatic carbocycles. The molecule has 1 amide bonds. The second kappa shape index (κ2) is 6.76. The average molecular weight is 326 g/mol. The van der Waals surface area contributed by atoms with Gasteiger partial charge in [-0.3, -0.25) is 9.63 Å². The van der Waals surface area contributed by atoms with Crippen LogP contribution in [0.2, 0.25) is 0 Å². The molecule has 0 spiro atoms. The van der Waals surface area contributed by atoms with Crippen molar-refractivity contribution in [3.05, 3.63) is 29.3 Å². The Bertz CT molecular complexity index is 650. The fourth-order valence-corrected chi connectivity index (χ4v) is 4.45. The molecule has 122 valence electrons. The van der Waals surface area contributed by atoms with Gasteiger partial charge in [0, 0.05) is 19.0 Å². The van der Waals surface area contributed by atoms with E-state index in [4.69, 9.17) is 0 Å². The third-order valence-electron chi connectivity index (χ3n) is 3.98. The van der Waals surface area contributed by atoms with Gasteiger partial charge in [-0.1, -0.05) is 17.7 Å². The van der Waals surface area contributed by atoms with Crippen LogP contribution in [0.25, 0.3) is 0 Å². The zero-order valence-corrected chi connectivity index (χ0v) is 13.9. The SMILES string of the molecule is CONC(=O)C1CCN(S(=O)(=O)c2ccc(C)cc2C)CC1. The number of amides is 1. The lowest BCUT2D eigenvalue weighted by atomic mass is 9.98. The normalized spacial score (nSPS) is 17.4. The van der Waals surface area contributed by atoms with Gasteiger partial charge in [0.05, 0.1) is 12.0 Å². The summed E-state index contributed by atoms with van der Waals surface area (Å²) in [4.78, 5) is 16.7. The molecule has 6 nitrogen and oxygen atoms in total. The topological polar surface area (TPSA) is 75.7 Å². The first-order valence-electron chi connectivity index (χ1n) is 7.26. The minimum Gasteiger partial charge on any atom is -0.277 e. The summed E-state index contributed by atoms with van der Waals surface area (Å²) in [5, 5.41) is 0. The quantitative estimate of drug-likeness (QED) is 0.848. The molecule has 1 heterocycles. The van der Waals surface area contributed by atoms with E-state index in [1.54, 1.807) is 19.1 Å². The molecule has 1 aliphatic rings. The number of rotatable bonds is 4. The van der Waals surface area contributed by atoms with E-state index in [0.29, 0.717) is 30.8 Å². The average Bonchev–Trinajstić information content (AvgIpc) is 2.47. The fourth-order valence-electron chi connectivity index (χ4n) is 2.77. The molecule has 1 aromatic rings. The molecule has 0 aromatic heterocycles. The summed E-state index contributed by atoms with van der Waals surface area (Å²) in [5.74, 6) is -0.392. The van der Waals surface area contributed by atoms with E-state index >= 15 is 0 Å². The Morgan fingerprint density at radius 2 is 1.91 bits per heavy atom. The number of hydrogen-bond donors (Lipinski definition) is 1. The van der Waals surface area contributed by atoms with Crippen LogP contribution in [-0.2, 0) is 19.7 Å². The Balaban J connectivity index is 2.11. The third kappa shape index (κ3) is 3.48. The predicted octanol–water partition coefficient (Wildman–Crippen LogP) is 1.38. The van der Waals surface area contributed by atoms with E-state index in [1.165, 1.54) is 11.4 Å². The van der Waals surface area contributed by atoms with Crippen LogP contribution < -0.4 is 5.48 Å². The molecule has 1 aliphatic heterocycles. The standard InChI is InChI=1S/C15H22N2O4S/c1-11-4-5-14(12(2)10-11)22(19,20)17-8-6-13(7-9-17)15(18)16-21-3/h4-5,10,13H,6-9H2,1-3H3,(H,16,18). The van der Waals surface area contributed by atoms with Crippen LogP contribution in [-0.4, -0.2) is 38.8 Å². The highest BCUT2D eigenvalue weighted by molar-refractivity contribution is 7.89.